The van der Waals surface area contributed by atoms with Crippen molar-refractivity contribution in [1.82, 2.24) is 0 Å². The molecular weight excluding hydrogens is 200 g/mol. The van der Waals surface area contributed by atoms with E-state index in [1.807, 2.05) is 12.1 Å². The summed E-state index contributed by atoms with van der Waals surface area (Å²) in [5, 5.41) is 19.2. The van der Waals surface area contributed by atoms with Gasteiger partial charge in [-0.25, -0.2) is 0 Å². The van der Waals surface area contributed by atoms with Crippen molar-refractivity contribution in [3.63, 3.8) is 0 Å². The lowest BCUT2D eigenvalue weighted by Crippen LogP contribution is -2.20. The normalized spacial score (nSPS) is 26.3. The molecule has 0 spiro atoms. The maximum absolute atomic E-state index is 10.0. The van der Waals surface area contributed by atoms with Crippen LogP contribution in [0.25, 0.3) is 0 Å². The topological polar surface area (TPSA) is 40.5 Å². The second-order valence-corrected chi connectivity index (χ2v) is 4.84. The molecule has 1 aliphatic rings. The first-order valence-corrected chi connectivity index (χ1v) is 6.21. The fraction of sp³-hybridized carbons (Fsp3) is 0.571. The van der Waals surface area contributed by atoms with Gasteiger partial charge in [-0.3, -0.25) is 0 Å². The highest BCUT2D eigenvalue weighted by Gasteiger charge is 2.21. The van der Waals surface area contributed by atoms with Gasteiger partial charge in [-0.2, -0.15) is 0 Å². The molecule has 0 bridgehead atoms. The Labute approximate surface area is 96.9 Å². The van der Waals surface area contributed by atoms with Crippen LogP contribution in [0.3, 0.4) is 0 Å². The van der Waals surface area contributed by atoms with Crippen molar-refractivity contribution in [3.8, 4) is 5.75 Å². The summed E-state index contributed by atoms with van der Waals surface area (Å²) in [6.45, 7) is 0. The van der Waals surface area contributed by atoms with Gasteiger partial charge in [0.05, 0.1) is 6.10 Å². The van der Waals surface area contributed by atoms with E-state index in [0.29, 0.717) is 11.7 Å². The van der Waals surface area contributed by atoms with Crippen LogP contribution in [0.2, 0.25) is 0 Å². The number of hydrogen-bond acceptors (Lipinski definition) is 2. The monoisotopic (exact) mass is 220 g/mol. The van der Waals surface area contributed by atoms with Crippen molar-refractivity contribution in [3.05, 3.63) is 29.8 Å². The molecule has 16 heavy (non-hydrogen) atoms. The highest BCUT2D eigenvalue weighted by Crippen LogP contribution is 2.27. The van der Waals surface area contributed by atoms with E-state index in [0.717, 1.165) is 25.7 Å². The molecule has 2 N–H and O–H groups in total. The number of rotatable bonds is 2. The summed E-state index contributed by atoms with van der Waals surface area (Å²) >= 11 is 0. The Morgan fingerprint density at radius 3 is 2.44 bits per heavy atom. The van der Waals surface area contributed by atoms with E-state index in [9.17, 15) is 10.2 Å². The quantitative estimate of drug-likeness (QED) is 0.752. The van der Waals surface area contributed by atoms with E-state index in [2.05, 4.69) is 0 Å². The number of benzene rings is 1. The lowest BCUT2D eigenvalue weighted by Gasteiger charge is -2.20. The van der Waals surface area contributed by atoms with Crippen LogP contribution in [-0.2, 0) is 6.42 Å². The van der Waals surface area contributed by atoms with Crippen LogP contribution in [0.1, 0.15) is 37.7 Å². The van der Waals surface area contributed by atoms with Gasteiger partial charge in [0, 0.05) is 0 Å². The van der Waals surface area contributed by atoms with Gasteiger partial charge in [0.15, 0.2) is 0 Å². The van der Waals surface area contributed by atoms with Gasteiger partial charge in [-0.1, -0.05) is 31.4 Å². The first kappa shape index (κ1) is 11.5. The SMILES string of the molecule is Oc1ccc(CC2CCCCCC2O)cc1. The highest BCUT2D eigenvalue weighted by molar-refractivity contribution is 5.26. The van der Waals surface area contributed by atoms with Gasteiger partial charge in [0.2, 0.25) is 0 Å². The maximum atomic E-state index is 10.0. The van der Waals surface area contributed by atoms with Crippen molar-refractivity contribution >= 4 is 0 Å². The second kappa shape index (κ2) is 5.35. The largest absolute Gasteiger partial charge is 0.508 e. The van der Waals surface area contributed by atoms with E-state index < -0.39 is 0 Å². The molecule has 2 heteroatoms. The number of aromatic hydroxyl groups is 1. The zero-order valence-corrected chi connectivity index (χ0v) is 9.60. The van der Waals surface area contributed by atoms with E-state index in [-0.39, 0.29) is 6.10 Å². The minimum atomic E-state index is -0.142. The Kier molecular flexibility index (Phi) is 3.83. The summed E-state index contributed by atoms with van der Waals surface area (Å²) in [4.78, 5) is 0. The van der Waals surface area contributed by atoms with Crippen molar-refractivity contribution in [1.29, 1.82) is 0 Å². The Bertz CT molecular complexity index is 318. The molecule has 0 heterocycles. The van der Waals surface area contributed by atoms with Gasteiger partial charge in [-0.15, -0.1) is 0 Å². The van der Waals surface area contributed by atoms with Gasteiger partial charge < -0.3 is 10.2 Å². The maximum Gasteiger partial charge on any atom is 0.115 e. The fourth-order valence-electron chi connectivity index (χ4n) is 2.54. The van der Waals surface area contributed by atoms with Crippen LogP contribution in [0.4, 0.5) is 0 Å². The molecule has 1 fully saturated rings. The van der Waals surface area contributed by atoms with Crippen LogP contribution in [0.5, 0.6) is 5.75 Å². The zero-order valence-electron chi connectivity index (χ0n) is 9.60. The van der Waals surface area contributed by atoms with Crippen molar-refractivity contribution < 1.29 is 10.2 Å². The summed E-state index contributed by atoms with van der Waals surface area (Å²) in [6, 6.07) is 7.34. The molecule has 0 saturated heterocycles. The predicted octanol–water partition coefficient (Wildman–Crippen LogP) is 2.88. The van der Waals surface area contributed by atoms with Crippen LogP contribution >= 0.6 is 0 Å². The first-order chi connectivity index (χ1) is 7.75. The molecule has 0 amide bonds. The molecule has 2 rings (SSSR count). The third-order valence-electron chi connectivity index (χ3n) is 3.55. The molecule has 0 aromatic heterocycles. The summed E-state index contributed by atoms with van der Waals surface area (Å²) < 4.78 is 0. The van der Waals surface area contributed by atoms with E-state index in [1.165, 1.54) is 18.4 Å². The summed E-state index contributed by atoms with van der Waals surface area (Å²) in [5.74, 6) is 0.706. The van der Waals surface area contributed by atoms with Gasteiger partial charge in [0.25, 0.3) is 0 Å². The molecule has 1 aromatic carbocycles. The minimum absolute atomic E-state index is 0.142. The molecule has 1 saturated carbocycles. The van der Waals surface area contributed by atoms with Crippen LogP contribution in [0.15, 0.2) is 24.3 Å². The summed E-state index contributed by atoms with van der Waals surface area (Å²) in [7, 11) is 0. The third kappa shape index (κ3) is 2.99. The second-order valence-electron chi connectivity index (χ2n) is 4.84. The van der Waals surface area contributed by atoms with Gasteiger partial charge in [0.1, 0.15) is 5.75 Å². The minimum Gasteiger partial charge on any atom is -0.508 e. The predicted molar refractivity (Wildman–Crippen MR) is 64.4 cm³/mol. The molecule has 2 atom stereocenters. The number of hydrogen-bond donors (Lipinski definition) is 2. The molecular formula is C14H20O2. The summed E-state index contributed by atoms with van der Waals surface area (Å²) in [6.07, 6.45) is 6.51. The number of phenols is 1. The number of aliphatic hydroxyl groups excluding tert-OH is 1. The van der Waals surface area contributed by atoms with E-state index in [4.69, 9.17) is 0 Å². The smallest absolute Gasteiger partial charge is 0.115 e. The molecule has 1 aliphatic carbocycles. The molecule has 0 radical (unpaired) electrons. The van der Waals surface area contributed by atoms with E-state index in [1.54, 1.807) is 12.1 Å². The van der Waals surface area contributed by atoms with Crippen LogP contribution in [-0.4, -0.2) is 16.3 Å². The lowest BCUT2D eigenvalue weighted by molar-refractivity contribution is 0.101. The molecule has 1 aromatic rings. The van der Waals surface area contributed by atoms with Gasteiger partial charge >= 0.3 is 0 Å². The summed E-state index contributed by atoms with van der Waals surface area (Å²) in [5.41, 5.74) is 1.21. The first-order valence-electron chi connectivity index (χ1n) is 6.21. The molecule has 88 valence electrons. The average molecular weight is 220 g/mol. The van der Waals surface area contributed by atoms with E-state index >= 15 is 0 Å². The Morgan fingerprint density at radius 2 is 1.69 bits per heavy atom. The third-order valence-corrected chi connectivity index (χ3v) is 3.55. The fourth-order valence-corrected chi connectivity index (χ4v) is 2.54. The van der Waals surface area contributed by atoms with Crippen molar-refractivity contribution in [2.75, 3.05) is 0 Å². The average Bonchev–Trinajstić information content (AvgIpc) is 2.48. The number of aliphatic hydroxyl groups is 1. The van der Waals surface area contributed by atoms with Gasteiger partial charge in [-0.05, 0) is 42.9 Å². The van der Waals surface area contributed by atoms with Crippen molar-refractivity contribution in [2.45, 2.75) is 44.6 Å². The standard InChI is InChI=1S/C14H20O2/c15-13-8-6-11(7-9-13)10-12-4-2-1-3-5-14(12)16/h6-9,12,14-16H,1-5,10H2. The Balaban J connectivity index is 1.99. The molecule has 2 nitrogen and oxygen atoms in total. The van der Waals surface area contributed by atoms with Crippen LogP contribution < -0.4 is 0 Å². The number of phenolic OH excluding ortho intramolecular Hbond substituents is 1. The molecule has 2 unspecified atom stereocenters. The Hall–Kier alpha value is -1.02. The zero-order chi connectivity index (χ0) is 11.4. The molecule has 0 aliphatic heterocycles. The lowest BCUT2D eigenvalue weighted by atomic mass is 9.90. The Morgan fingerprint density at radius 1 is 1.00 bits per heavy atom. The highest BCUT2D eigenvalue weighted by atomic mass is 16.3. The van der Waals surface area contributed by atoms with Crippen molar-refractivity contribution in [2.24, 2.45) is 5.92 Å². The van der Waals surface area contributed by atoms with Crippen LogP contribution in [0, 0.1) is 5.92 Å².